The number of hydrogen-bond acceptors (Lipinski definition) is 12. The molecule has 16 nitrogen and oxygen atoms in total. The maximum atomic E-state index is 13.3. The van der Waals surface area contributed by atoms with Crippen molar-refractivity contribution in [2.24, 2.45) is 92.7 Å². The van der Waals surface area contributed by atoms with Gasteiger partial charge in [0, 0.05) is 38.8 Å². The molecule has 8 aliphatic rings. The molecule has 8 saturated carbocycles. The quantitative estimate of drug-likeness (QED) is 0.0498. The van der Waals surface area contributed by atoms with E-state index in [4.69, 9.17) is 18.6 Å². The number of hydrogen-bond donors (Lipinski definition) is 6. The summed E-state index contributed by atoms with van der Waals surface area (Å²) in [5, 5.41) is 29.1. The van der Waals surface area contributed by atoms with Crippen LogP contribution in [0.15, 0.2) is 0 Å². The summed E-state index contributed by atoms with van der Waals surface area (Å²) in [5.74, 6) is 2.02. The summed E-state index contributed by atoms with van der Waals surface area (Å²) >= 11 is 0. The summed E-state index contributed by atoms with van der Waals surface area (Å²) in [6.45, 7) is 13.9. The molecule has 75 heavy (non-hydrogen) atoms. The highest BCUT2D eigenvalue weighted by Crippen LogP contribution is 2.70. The average Bonchev–Trinajstić information content (AvgIpc) is 3.87. The Bertz CT molecular complexity index is 2140. The van der Waals surface area contributed by atoms with Crippen molar-refractivity contribution < 1.29 is 64.8 Å². The van der Waals surface area contributed by atoms with Gasteiger partial charge in [0.25, 0.3) is 20.2 Å². The summed E-state index contributed by atoms with van der Waals surface area (Å²) in [6, 6.07) is 0. The highest BCUT2D eigenvalue weighted by molar-refractivity contribution is 7.86. The Hall–Kier alpha value is -2.38. The van der Waals surface area contributed by atoms with E-state index in [1.54, 1.807) is 0 Å². The van der Waals surface area contributed by atoms with Gasteiger partial charge < -0.3 is 30.3 Å². The monoisotopic (exact) mass is 1090 g/mol. The second kappa shape index (κ2) is 23.0. The minimum absolute atomic E-state index is 0.0529. The molecule has 0 aromatic heterocycles. The molecular weight excluding hydrogens is 1000 g/mol. The molecule has 20 atom stereocenters. The third-order valence-corrected chi connectivity index (χ3v) is 24.6. The van der Waals surface area contributed by atoms with Gasteiger partial charge in [-0.25, -0.2) is 0 Å². The first-order valence-electron chi connectivity index (χ1n) is 29.3. The van der Waals surface area contributed by atoms with Crippen LogP contribution in [0.2, 0.25) is 0 Å². The average molecular weight is 1100 g/mol. The Morgan fingerprint density at radius 2 is 0.880 bits per heavy atom. The van der Waals surface area contributed by atoms with E-state index in [2.05, 4.69) is 52.2 Å². The van der Waals surface area contributed by atoms with Crippen LogP contribution in [0.25, 0.3) is 0 Å². The molecule has 0 radical (unpaired) electrons. The third-order valence-electron chi connectivity index (χ3n) is 23.2. The number of ether oxygens (including phenoxy) is 2. The number of nitrogens with one attached hydrogen (secondary N) is 2. The zero-order valence-electron chi connectivity index (χ0n) is 46.0. The smallest absolute Gasteiger partial charge is 0.306 e. The SMILES string of the molecule is C[C@H](CCC(=O)NCCS(=O)(=O)O)[C@H]1CC[C@H]2[C@@H]3[C@H](O)C[C@@H]4C[C@H](OC(=O)CCCC(=O)O[C@@H]5CC[C@@]6(C)[C@@H](C5)C[C@@H](O)[C@@H]5[C@@H]6CC[C@]6(C)[C@@H]([C@H](C)CCC(=O)NCCS(=O)(=O)O)CC[C@@H]56)CC[C@]4(C)[C@H]3CC[C@]12C. The summed E-state index contributed by atoms with van der Waals surface area (Å²) < 4.78 is 74.4. The zero-order valence-corrected chi connectivity index (χ0v) is 47.7. The summed E-state index contributed by atoms with van der Waals surface area (Å²) in [4.78, 5) is 51.6. The van der Waals surface area contributed by atoms with Gasteiger partial charge in [-0.1, -0.05) is 41.5 Å². The van der Waals surface area contributed by atoms with Crippen LogP contribution in [0.3, 0.4) is 0 Å². The molecule has 0 unspecified atom stereocenters. The van der Waals surface area contributed by atoms with Crippen LogP contribution >= 0.6 is 0 Å². The van der Waals surface area contributed by atoms with Gasteiger partial charge >= 0.3 is 11.9 Å². The maximum Gasteiger partial charge on any atom is 0.306 e. The number of aliphatic hydroxyl groups is 2. The Morgan fingerprint density at radius 1 is 0.520 bits per heavy atom. The Balaban J connectivity index is 0.748. The summed E-state index contributed by atoms with van der Waals surface area (Å²) in [7, 11) is -8.26. The topological polar surface area (TPSA) is 260 Å². The van der Waals surface area contributed by atoms with E-state index in [1.807, 2.05) is 0 Å². The van der Waals surface area contributed by atoms with Gasteiger partial charge in [-0.2, -0.15) is 16.8 Å². The predicted molar refractivity (Wildman–Crippen MR) is 282 cm³/mol. The molecule has 2 amide bonds. The highest BCUT2D eigenvalue weighted by atomic mass is 32.2. The molecule has 0 bridgehead atoms. The Kier molecular flexibility index (Phi) is 18.0. The second-order valence-electron chi connectivity index (χ2n) is 27.0. The molecule has 8 fully saturated rings. The van der Waals surface area contributed by atoms with Gasteiger partial charge in [0.2, 0.25) is 11.8 Å². The number of rotatable bonds is 20. The number of fused-ring (bicyclic) bond motifs is 10. The van der Waals surface area contributed by atoms with Crippen molar-refractivity contribution in [2.45, 2.75) is 214 Å². The molecule has 18 heteroatoms. The third kappa shape index (κ3) is 12.7. The molecule has 0 aromatic rings. The lowest BCUT2D eigenvalue weighted by atomic mass is 9.43. The fourth-order valence-electron chi connectivity index (χ4n) is 19.3. The second-order valence-corrected chi connectivity index (χ2v) is 30.1. The lowest BCUT2D eigenvalue weighted by Gasteiger charge is -2.62. The van der Waals surface area contributed by atoms with Crippen molar-refractivity contribution in [1.82, 2.24) is 10.6 Å². The number of esters is 2. The van der Waals surface area contributed by atoms with Crippen LogP contribution < -0.4 is 10.6 Å². The first-order chi connectivity index (χ1) is 35.1. The van der Waals surface area contributed by atoms with Crippen molar-refractivity contribution in [3.63, 3.8) is 0 Å². The lowest BCUT2D eigenvalue weighted by molar-refractivity contribution is -0.183. The fourth-order valence-corrected chi connectivity index (χ4v) is 20.1. The maximum absolute atomic E-state index is 13.3. The normalized spacial score (nSPS) is 42.0. The Morgan fingerprint density at radius 3 is 1.25 bits per heavy atom. The van der Waals surface area contributed by atoms with E-state index in [0.717, 1.165) is 89.9 Å². The lowest BCUT2D eigenvalue weighted by Crippen LogP contribution is -2.58. The molecule has 0 saturated heterocycles. The van der Waals surface area contributed by atoms with Gasteiger partial charge in [0.05, 0.1) is 23.7 Å². The molecular formula is C57H94N2O14S2. The fraction of sp³-hybridized carbons (Fsp3) is 0.930. The standard InChI is InChI=1S/C57H94N2O14S2/c1-34(10-16-48(62)58-26-28-74(66,67)68)40-12-14-42-52-44(20-24-56(40,42)5)54(3)22-18-38(30-36(54)32-46(52)60)72-50(64)8-7-9-51(65)73-39-19-23-55(4)37(31-39)33-47(61)53-43-15-13-41(57(43,6)25-21-45(53)55)35(2)11-17-49(63)59-27-29-75(69,70)71/h34-47,52-53,60-61H,7-33H2,1-6H3,(H,58,62)(H,59,63)(H,66,67,68)(H,69,70,71)/t34-,35-,36+,37+,38-,39-,40-,41-,42+,43+,44+,45+,46-,47-,52+,53+,54+,55+,56-,57-/m1/s1. The van der Waals surface area contributed by atoms with Crippen LogP contribution in [0, 0.1) is 92.7 Å². The number of carbonyl (C=O) groups is 4. The minimum atomic E-state index is -4.13. The van der Waals surface area contributed by atoms with Crippen LogP contribution in [-0.4, -0.2) is 109 Å². The molecule has 8 rings (SSSR count). The number of aliphatic hydroxyl groups excluding tert-OH is 2. The first-order valence-corrected chi connectivity index (χ1v) is 32.6. The molecule has 0 aromatic carbocycles. The van der Waals surface area contributed by atoms with E-state index in [-0.39, 0.29) is 107 Å². The van der Waals surface area contributed by atoms with E-state index in [0.29, 0.717) is 92.3 Å². The molecule has 0 aliphatic heterocycles. The molecule has 8 aliphatic carbocycles. The largest absolute Gasteiger partial charge is 0.462 e. The number of carbonyl (C=O) groups excluding carboxylic acids is 4. The van der Waals surface area contributed by atoms with Crippen LogP contribution in [0.1, 0.15) is 189 Å². The van der Waals surface area contributed by atoms with Crippen LogP contribution in [0.4, 0.5) is 0 Å². The molecule has 0 heterocycles. The van der Waals surface area contributed by atoms with Crippen LogP contribution in [-0.2, 0) is 48.9 Å². The molecule has 6 N–H and O–H groups in total. The first kappa shape index (κ1) is 58.8. The van der Waals surface area contributed by atoms with E-state index >= 15 is 0 Å². The van der Waals surface area contributed by atoms with Crippen molar-refractivity contribution in [3.05, 3.63) is 0 Å². The predicted octanol–water partition coefficient (Wildman–Crippen LogP) is 8.08. The molecule has 0 spiro atoms. The van der Waals surface area contributed by atoms with Gasteiger partial charge in [-0.05, 0) is 215 Å². The molecule has 428 valence electrons. The van der Waals surface area contributed by atoms with E-state index < -0.39 is 43.9 Å². The van der Waals surface area contributed by atoms with Gasteiger partial charge in [0.1, 0.15) is 12.2 Å². The summed E-state index contributed by atoms with van der Waals surface area (Å²) in [6.07, 6.45) is 16.3. The Labute approximate surface area is 448 Å². The van der Waals surface area contributed by atoms with Gasteiger partial charge in [-0.15, -0.1) is 0 Å². The highest BCUT2D eigenvalue weighted by Gasteiger charge is 2.65. The van der Waals surface area contributed by atoms with Crippen molar-refractivity contribution >= 4 is 44.0 Å². The van der Waals surface area contributed by atoms with Gasteiger partial charge in [0.15, 0.2) is 0 Å². The zero-order chi connectivity index (χ0) is 54.5. The summed E-state index contributed by atoms with van der Waals surface area (Å²) in [5.41, 5.74) is 0.247. The van der Waals surface area contributed by atoms with E-state index in [1.165, 1.54) is 0 Å². The van der Waals surface area contributed by atoms with Crippen molar-refractivity contribution in [2.75, 3.05) is 24.6 Å². The van der Waals surface area contributed by atoms with Crippen molar-refractivity contribution in [3.8, 4) is 0 Å². The van der Waals surface area contributed by atoms with E-state index in [9.17, 15) is 46.2 Å². The number of amides is 2. The van der Waals surface area contributed by atoms with Gasteiger partial charge in [-0.3, -0.25) is 28.3 Å². The van der Waals surface area contributed by atoms with Crippen molar-refractivity contribution in [1.29, 1.82) is 0 Å². The minimum Gasteiger partial charge on any atom is -0.462 e. The van der Waals surface area contributed by atoms with Crippen LogP contribution in [0.5, 0.6) is 0 Å².